The van der Waals surface area contributed by atoms with Gasteiger partial charge in [-0.3, -0.25) is 4.79 Å². The van der Waals surface area contributed by atoms with Crippen molar-refractivity contribution < 1.29 is 14.7 Å². The van der Waals surface area contributed by atoms with Crippen molar-refractivity contribution in [3.63, 3.8) is 0 Å². The number of hydrogen-bond acceptors (Lipinski definition) is 2. The molecule has 3 heteroatoms. The Labute approximate surface area is 124 Å². The molecule has 0 aromatic heterocycles. The van der Waals surface area contributed by atoms with Crippen LogP contribution in [0.1, 0.15) is 48.5 Å². The number of aromatic carboxylic acids is 1. The summed E-state index contributed by atoms with van der Waals surface area (Å²) in [7, 11) is 0. The van der Waals surface area contributed by atoms with Gasteiger partial charge in [-0.15, -0.1) is 0 Å². The molecule has 0 heterocycles. The van der Waals surface area contributed by atoms with Gasteiger partial charge in [-0.05, 0) is 62.1 Å². The fourth-order valence-corrected chi connectivity index (χ4v) is 2.46. The van der Waals surface area contributed by atoms with Gasteiger partial charge in [-0.1, -0.05) is 18.2 Å². The quantitative estimate of drug-likeness (QED) is 0.870. The number of rotatable bonds is 3. The largest absolute Gasteiger partial charge is 0.478 e. The molecule has 0 saturated carbocycles. The summed E-state index contributed by atoms with van der Waals surface area (Å²) in [5.41, 5.74) is 5.03. The topological polar surface area (TPSA) is 54.4 Å². The molecule has 2 aromatic rings. The number of carboxylic acid groups (broad SMARTS) is 1. The van der Waals surface area contributed by atoms with Crippen LogP contribution in [0.2, 0.25) is 0 Å². The number of carbonyl (C=O) groups is 2. The fourth-order valence-electron chi connectivity index (χ4n) is 2.46. The van der Waals surface area contributed by atoms with E-state index in [-0.39, 0.29) is 16.9 Å². The maximum absolute atomic E-state index is 12.7. The van der Waals surface area contributed by atoms with Crippen LogP contribution in [0.3, 0.4) is 0 Å². The number of benzene rings is 2. The molecule has 0 atom stereocenters. The van der Waals surface area contributed by atoms with Gasteiger partial charge < -0.3 is 5.11 Å². The Morgan fingerprint density at radius 3 is 1.95 bits per heavy atom. The minimum Gasteiger partial charge on any atom is -0.478 e. The Morgan fingerprint density at radius 2 is 1.38 bits per heavy atom. The van der Waals surface area contributed by atoms with E-state index in [2.05, 4.69) is 0 Å². The highest BCUT2D eigenvalue weighted by molar-refractivity contribution is 6.15. The van der Waals surface area contributed by atoms with Crippen molar-refractivity contribution in [2.24, 2.45) is 0 Å². The standard InChI is InChI=1S/C18H18O3/c1-10-9-16(13(4)12(3)11(10)2)17(19)14-7-5-6-8-15(14)18(20)21/h5-9H,1-4H3,(H,20,21). The highest BCUT2D eigenvalue weighted by atomic mass is 16.4. The predicted octanol–water partition coefficient (Wildman–Crippen LogP) is 3.85. The van der Waals surface area contributed by atoms with Gasteiger partial charge in [-0.25, -0.2) is 4.79 Å². The van der Waals surface area contributed by atoms with Crippen molar-refractivity contribution in [3.8, 4) is 0 Å². The van der Waals surface area contributed by atoms with Gasteiger partial charge in [0.2, 0.25) is 0 Å². The molecule has 0 radical (unpaired) electrons. The van der Waals surface area contributed by atoms with Gasteiger partial charge in [0.1, 0.15) is 0 Å². The molecule has 0 saturated heterocycles. The van der Waals surface area contributed by atoms with E-state index in [0.29, 0.717) is 5.56 Å². The zero-order valence-corrected chi connectivity index (χ0v) is 12.7. The lowest BCUT2D eigenvalue weighted by molar-refractivity contribution is 0.0693. The molecule has 21 heavy (non-hydrogen) atoms. The van der Waals surface area contributed by atoms with Crippen LogP contribution in [-0.4, -0.2) is 16.9 Å². The van der Waals surface area contributed by atoms with Crippen LogP contribution in [0.4, 0.5) is 0 Å². The molecule has 1 N–H and O–H groups in total. The SMILES string of the molecule is Cc1cc(C(=O)c2ccccc2C(=O)O)c(C)c(C)c1C. The Bertz CT molecular complexity index is 742. The van der Waals surface area contributed by atoms with Crippen LogP contribution in [0, 0.1) is 27.7 Å². The molecule has 0 unspecified atom stereocenters. The van der Waals surface area contributed by atoms with Crippen molar-refractivity contribution in [1.29, 1.82) is 0 Å². The smallest absolute Gasteiger partial charge is 0.336 e. The molecule has 0 aliphatic carbocycles. The highest BCUT2D eigenvalue weighted by Gasteiger charge is 2.20. The molecule has 0 bridgehead atoms. The molecule has 108 valence electrons. The second-order valence-corrected chi connectivity index (χ2v) is 5.30. The number of ketones is 1. The first-order chi connectivity index (χ1) is 9.84. The maximum Gasteiger partial charge on any atom is 0.336 e. The van der Waals surface area contributed by atoms with Crippen molar-refractivity contribution in [2.75, 3.05) is 0 Å². The zero-order valence-electron chi connectivity index (χ0n) is 12.7. The second-order valence-electron chi connectivity index (χ2n) is 5.30. The van der Waals surface area contributed by atoms with E-state index >= 15 is 0 Å². The number of aryl methyl sites for hydroxylation is 1. The Balaban J connectivity index is 2.64. The van der Waals surface area contributed by atoms with Gasteiger partial charge in [0.25, 0.3) is 0 Å². The first kappa shape index (κ1) is 15.0. The van der Waals surface area contributed by atoms with Gasteiger partial charge in [0.05, 0.1) is 5.56 Å². The van der Waals surface area contributed by atoms with E-state index in [9.17, 15) is 14.7 Å². The summed E-state index contributed by atoms with van der Waals surface area (Å²) < 4.78 is 0. The summed E-state index contributed by atoms with van der Waals surface area (Å²) in [6.07, 6.45) is 0. The molecule has 0 amide bonds. The lowest BCUT2D eigenvalue weighted by Gasteiger charge is -2.14. The first-order valence-corrected chi connectivity index (χ1v) is 6.79. The van der Waals surface area contributed by atoms with E-state index < -0.39 is 5.97 Å². The third-order valence-corrected chi connectivity index (χ3v) is 4.13. The fraction of sp³-hybridized carbons (Fsp3) is 0.222. The number of carbonyl (C=O) groups excluding carboxylic acids is 1. The van der Waals surface area contributed by atoms with Crippen molar-refractivity contribution in [1.82, 2.24) is 0 Å². The van der Waals surface area contributed by atoms with Crippen LogP contribution < -0.4 is 0 Å². The lowest BCUT2D eigenvalue weighted by atomic mass is 9.89. The Hall–Kier alpha value is -2.42. The highest BCUT2D eigenvalue weighted by Crippen LogP contribution is 2.24. The zero-order chi connectivity index (χ0) is 15.7. The summed E-state index contributed by atoms with van der Waals surface area (Å²) >= 11 is 0. The van der Waals surface area contributed by atoms with Crippen molar-refractivity contribution in [2.45, 2.75) is 27.7 Å². The van der Waals surface area contributed by atoms with Crippen LogP contribution in [0.15, 0.2) is 30.3 Å². The summed E-state index contributed by atoms with van der Waals surface area (Å²) in [4.78, 5) is 24.0. The van der Waals surface area contributed by atoms with E-state index in [4.69, 9.17) is 0 Å². The van der Waals surface area contributed by atoms with Gasteiger partial charge in [0, 0.05) is 11.1 Å². The van der Waals surface area contributed by atoms with E-state index in [0.717, 1.165) is 22.3 Å². The molecule has 0 spiro atoms. The molecule has 0 aliphatic heterocycles. The minimum atomic E-state index is -1.09. The molecular weight excluding hydrogens is 264 g/mol. The average Bonchev–Trinajstić information content (AvgIpc) is 2.48. The van der Waals surface area contributed by atoms with Gasteiger partial charge in [-0.2, -0.15) is 0 Å². The molecule has 0 fully saturated rings. The van der Waals surface area contributed by atoms with Crippen molar-refractivity contribution >= 4 is 11.8 Å². The predicted molar refractivity (Wildman–Crippen MR) is 82.2 cm³/mol. The van der Waals surface area contributed by atoms with E-state index in [1.54, 1.807) is 18.2 Å². The molecule has 0 aliphatic rings. The first-order valence-electron chi connectivity index (χ1n) is 6.79. The van der Waals surface area contributed by atoms with E-state index in [1.165, 1.54) is 6.07 Å². The Morgan fingerprint density at radius 1 is 0.810 bits per heavy atom. The van der Waals surface area contributed by atoms with Crippen LogP contribution >= 0.6 is 0 Å². The average molecular weight is 282 g/mol. The third-order valence-electron chi connectivity index (χ3n) is 4.13. The normalized spacial score (nSPS) is 10.5. The van der Waals surface area contributed by atoms with Crippen molar-refractivity contribution in [3.05, 3.63) is 69.3 Å². The minimum absolute atomic E-state index is 0.0396. The van der Waals surface area contributed by atoms with Gasteiger partial charge in [0.15, 0.2) is 5.78 Å². The summed E-state index contributed by atoms with van der Waals surface area (Å²) in [6, 6.07) is 8.18. The third kappa shape index (κ3) is 2.59. The summed E-state index contributed by atoms with van der Waals surface area (Å²) in [5.74, 6) is -1.33. The van der Waals surface area contributed by atoms with E-state index in [1.807, 2.05) is 33.8 Å². The number of hydrogen-bond donors (Lipinski definition) is 1. The monoisotopic (exact) mass is 282 g/mol. The molecule has 3 nitrogen and oxygen atoms in total. The summed E-state index contributed by atoms with van der Waals surface area (Å²) in [5, 5.41) is 9.23. The van der Waals surface area contributed by atoms with Crippen LogP contribution in [-0.2, 0) is 0 Å². The van der Waals surface area contributed by atoms with Gasteiger partial charge >= 0.3 is 5.97 Å². The Kier molecular flexibility index (Phi) is 3.94. The maximum atomic E-state index is 12.7. The summed E-state index contributed by atoms with van der Waals surface area (Å²) in [6.45, 7) is 7.87. The molecule has 2 rings (SSSR count). The second kappa shape index (κ2) is 5.52. The molecular formula is C18H18O3. The van der Waals surface area contributed by atoms with Crippen LogP contribution in [0.5, 0.6) is 0 Å². The lowest BCUT2D eigenvalue weighted by Crippen LogP contribution is -2.12. The number of carboxylic acids is 1. The molecule has 2 aromatic carbocycles. The van der Waals surface area contributed by atoms with Crippen LogP contribution in [0.25, 0.3) is 0 Å².